The summed E-state index contributed by atoms with van der Waals surface area (Å²) in [7, 11) is 4.20. The Kier molecular flexibility index (Phi) is 6.73. The molecule has 0 N–H and O–H groups in total. The first-order valence-corrected chi connectivity index (χ1v) is 17.0. The van der Waals surface area contributed by atoms with Crippen molar-refractivity contribution in [2.24, 2.45) is 5.10 Å². The Morgan fingerprint density at radius 3 is 1.75 bits per heavy atom. The fraction of sp³-hybridized carbons (Fsp3) is 0.0541. The molecule has 0 atom stereocenters. The second-order valence-corrected chi connectivity index (χ2v) is 13.7. The van der Waals surface area contributed by atoms with E-state index in [4.69, 9.17) is 5.10 Å². The van der Waals surface area contributed by atoms with Gasteiger partial charge in [0.2, 0.25) is 0 Å². The Balaban J connectivity index is 1.46. The number of nitrogens with zero attached hydrogens (tertiary/aromatic N) is 5. The molecular formula is C37H30BN5Pt. The van der Waals surface area contributed by atoms with Gasteiger partial charge < -0.3 is 0 Å². The van der Waals surface area contributed by atoms with E-state index in [0.29, 0.717) is 0 Å². The monoisotopic (exact) mass is 750 g/mol. The number of hydrazone groups is 1. The predicted molar refractivity (Wildman–Crippen MR) is 183 cm³/mol. The molecule has 0 saturated heterocycles. The molecule has 5 nitrogen and oxygen atoms in total. The number of rotatable bonds is 3. The van der Waals surface area contributed by atoms with Crippen LogP contribution in [-0.2, 0) is 17.6 Å². The number of benzene rings is 5. The zero-order valence-electron chi connectivity index (χ0n) is 24.5. The summed E-state index contributed by atoms with van der Waals surface area (Å²) in [4.78, 5) is 6.90. The average molecular weight is 751 g/mol. The van der Waals surface area contributed by atoms with Crippen LogP contribution in [0.25, 0.3) is 22.3 Å². The van der Waals surface area contributed by atoms with Crippen LogP contribution in [0, 0.1) is 0 Å². The third-order valence-electron chi connectivity index (χ3n) is 8.33. The van der Waals surface area contributed by atoms with Gasteiger partial charge in [0, 0.05) is 0 Å². The van der Waals surface area contributed by atoms with Gasteiger partial charge in [-0.1, -0.05) is 0 Å². The van der Waals surface area contributed by atoms with Gasteiger partial charge >= 0.3 is 268 Å². The van der Waals surface area contributed by atoms with E-state index in [2.05, 4.69) is 169 Å². The molecule has 5 aromatic carbocycles. The van der Waals surface area contributed by atoms with Crippen molar-refractivity contribution in [3.8, 4) is 22.3 Å². The van der Waals surface area contributed by atoms with Crippen molar-refractivity contribution in [2.75, 3.05) is 23.9 Å². The fourth-order valence-electron chi connectivity index (χ4n) is 6.27. The van der Waals surface area contributed by atoms with E-state index in [-0.39, 0.29) is 6.71 Å². The molecule has 5 aromatic rings. The summed E-state index contributed by atoms with van der Waals surface area (Å²) < 4.78 is 2.52. The van der Waals surface area contributed by atoms with Gasteiger partial charge in [-0.2, -0.15) is 0 Å². The van der Waals surface area contributed by atoms with E-state index < -0.39 is 17.6 Å². The summed E-state index contributed by atoms with van der Waals surface area (Å²) in [5.74, 6) is 0. The molecule has 0 aromatic heterocycles. The van der Waals surface area contributed by atoms with Crippen molar-refractivity contribution in [2.45, 2.75) is 0 Å². The number of hydrogen-bond acceptors (Lipinski definition) is 5. The van der Waals surface area contributed by atoms with Crippen LogP contribution in [0.3, 0.4) is 0 Å². The van der Waals surface area contributed by atoms with Gasteiger partial charge in [0.05, 0.1) is 0 Å². The number of hydrogen-bond donors (Lipinski definition) is 0. The summed E-state index contributed by atoms with van der Waals surface area (Å²) in [6.07, 6.45) is 6.33. The van der Waals surface area contributed by atoms with Crippen LogP contribution in [-0.4, -0.2) is 45.3 Å². The zero-order valence-corrected chi connectivity index (χ0v) is 26.8. The molecule has 3 aliphatic heterocycles. The van der Waals surface area contributed by atoms with Gasteiger partial charge in [-0.25, -0.2) is 0 Å². The summed E-state index contributed by atoms with van der Waals surface area (Å²) in [6, 6.07) is 46.6. The van der Waals surface area contributed by atoms with Crippen LogP contribution in [0.15, 0.2) is 145 Å². The van der Waals surface area contributed by atoms with E-state index in [9.17, 15) is 0 Å². The van der Waals surface area contributed by atoms with Gasteiger partial charge in [-0.15, -0.1) is 0 Å². The minimum absolute atomic E-state index is 0.0239. The second kappa shape index (κ2) is 11.0. The molecule has 4 bridgehead atoms. The standard InChI is InChI=1S/C37H30BN5.Pt/c1-40-22-23-42(27-40)33-18-9-16-31(24-33)38(32-17-10-19-34(25-32)43-26-39-41(2)28-43)37-35(29-12-5-3-6-13-29)20-11-21-36(37)30-14-7-4-8-15-30;/h3-26H,1-2H3;. The molecule has 44 heavy (non-hydrogen) atoms. The van der Waals surface area contributed by atoms with Gasteiger partial charge in [-0.05, 0) is 0 Å². The summed E-state index contributed by atoms with van der Waals surface area (Å²) >= 11 is -0.577. The van der Waals surface area contributed by atoms with Crippen molar-refractivity contribution in [1.82, 2.24) is 9.91 Å². The molecule has 216 valence electrons. The van der Waals surface area contributed by atoms with Crippen molar-refractivity contribution < 1.29 is 17.6 Å². The molecule has 0 radical (unpaired) electrons. The van der Waals surface area contributed by atoms with Crippen molar-refractivity contribution in [1.29, 1.82) is 0 Å². The third-order valence-corrected chi connectivity index (χ3v) is 12.0. The Hall–Kier alpha value is -4.80. The van der Waals surface area contributed by atoms with Crippen LogP contribution in [0.5, 0.6) is 0 Å². The quantitative estimate of drug-likeness (QED) is 0.250. The summed E-state index contributed by atoms with van der Waals surface area (Å²) in [5.41, 5.74) is 11.0. The fourth-order valence-corrected chi connectivity index (χ4v) is 9.23. The maximum absolute atomic E-state index is 4.73. The molecule has 7 heteroatoms. The summed E-state index contributed by atoms with van der Waals surface area (Å²) in [5, 5.41) is 6.77. The molecular weight excluding hydrogens is 720 g/mol. The molecule has 8 rings (SSSR count). The zero-order chi connectivity index (χ0) is 29.6. The summed E-state index contributed by atoms with van der Waals surface area (Å²) in [6.45, 7) is -0.0239. The molecule has 0 saturated carbocycles. The first-order chi connectivity index (χ1) is 21.7. The van der Waals surface area contributed by atoms with Crippen LogP contribution in [0.4, 0.5) is 11.4 Å². The topological polar surface area (TPSA) is 25.3 Å². The van der Waals surface area contributed by atoms with E-state index in [0.717, 1.165) is 5.69 Å². The molecule has 0 unspecified atom stereocenters. The molecule has 0 fully saturated rings. The van der Waals surface area contributed by atoms with Gasteiger partial charge in [-0.3, -0.25) is 0 Å². The Bertz CT molecular complexity index is 1880. The maximum atomic E-state index is 4.73. The first kappa shape index (κ1) is 26.8. The molecule has 0 aliphatic carbocycles. The van der Waals surface area contributed by atoms with Crippen molar-refractivity contribution in [3.63, 3.8) is 0 Å². The third kappa shape index (κ3) is 4.58. The van der Waals surface area contributed by atoms with E-state index in [1.54, 1.807) is 0 Å². The Morgan fingerprint density at radius 2 is 1.14 bits per heavy atom. The Morgan fingerprint density at radius 1 is 0.568 bits per heavy atom. The van der Waals surface area contributed by atoms with Crippen LogP contribution in [0.2, 0.25) is 0 Å². The molecule has 0 amide bonds. The second-order valence-electron chi connectivity index (χ2n) is 11.1. The van der Waals surface area contributed by atoms with E-state index in [1.807, 2.05) is 11.3 Å². The van der Waals surface area contributed by atoms with Gasteiger partial charge in [0.25, 0.3) is 0 Å². The van der Waals surface area contributed by atoms with Crippen molar-refractivity contribution in [3.05, 3.63) is 140 Å². The van der Waals surface area contributed by atoms with Crippen LogP contribution in [0.1, 0.15) is 0 Å². The number of fused-ring (bicyclic) bond motifs is 8. The minimum atomic E-state index is -0.577. The predicted octanol–water partition coefficient (Wildman–Crippen LogP) is 4.73. The average Bonchev–Trinajstić information content (AvgIpc) is 3.63. The van der Waals surface area contributed by atoms with Crippen LogP contribution >= 0.6 is 0 Å². The Labute approximate surface area is 266 Å². The number of anilines is 2. The molecule has 3 heterocycles. The molecule has 0 spiro atoms. The van der Waals surface area contributed by atoms with Gasteiger partial charge in [0.15, 0.2) is 0 Å². The van der Waals surface area contributed by atoms with Crippen molar-refractivity contribution >= 4 is 49.1 Å². The first-order valence-electron chi connectivity index (χ1n) is 14.7. The van der Waals surface area contributed by atoms with Crippen LogP contribution < -0.4 is 26.2 Å². The van der Waals surface area contributed by atoms with E-state index >= 15 is 0 Å². The molecule has 3 aliphatic rings. The van der Waals surface area contributed by atoms with Gasteiger partial charge in [0.1, 0.15) is 0 Å². The normalized spacial score (nSPS) is 15.5. The SMILES string of the molecule is CN1C=CN2[C]1=[Pt]=[C]1N(C)N=CN1c1cccc(c1)B(c1c(-c3ccccc3)cccc1-c1ccccc1)c1cccc2c1. The van der Waals surface area contributed by atoms with E-state index in [1.165, 1.54) is 52.6 Å².